The average molecular weight is 421 g/mol. The van der Waals surface area contributed by atoms with E-state index in [0.717, 1.165) is 5.56 Å². The van der Waals surface area contributed by atoms with Crippen LogP contribution in [-0.4, -0.2) is 10.9 Å². The smallest absolute Gasteiger partial charge is 0.252 e. The number of hydrogen-bond acceptors (Lipinski definition) is 3. The first-order valence-corrected chi connectivity index (χ1v) is 9.76. The van der Waals surface area contributed by atoms with Crippen molar-refractivity contribution in [2.24, 2.45) is 0 Å². The number of halogens is 2. The molecule has 0 aliphatic heterocycles. The number of benzene rings is 3. The van der Waals surface area contributed by atoms with Crippen molar-refractivity contribution in [2.75, 3.05) is 0 Å². The molecule has 1 heterocycles. The van der Waals surface area contributed by atoms with Gasteiger partial charge in [0, 0.05) is 16.1 Å². The van der Waals surface area contributed by atoms with E-state index in [-0.39, 0.29) is 17.8 Å². The Morgan fingerprint density at radius 2 is 1.73 bits per heavy atom. The van der Waals surface area contributed by atoms with Crippen LogP contribution in [0.4, 0.5) is 4.39 Å². The standard InChI is InChI=1S/C24H18ClFN2O2/c1-15(16-6-10-18(25)11-7-16)28-23(29)20-4-2-3-5-21(20)24-27-14-22(30-24)17-8-12-19(26)13-9-17/h2-15H,1H3,(H,28,29). The fourth-order valence-electron chi connectivity index (χ4n) is 3.12. The SMILES string of the molecule is CC(NC(=O)c1ccccc1-c1ncc(-c2ccc(F)cc2)o1)c1ccc(Cl)cc1. The van der Waals surface area contributed by atoms with Crippen LogP contribution < -0.4 is 5.32 Å². The fourth-order valence-corrected chi connectivity index (χ4v) is 3.25. The van der Waals surface area contributed by atoms with E-state index in [9.17, 15) is 9.18 Å². The predicted molar refractivity (Wildman–Crippen MR) is 115 cm³/mol. The molecule has 1 amide bonds. The third-order valence-electron chi connectivity index (χ3n) is 4.75. The molecule has 150 valence electrons. The van der Waals surface area contributed by atoms with E-state index in [1.807, 2.05) is 25.1 Å². The molecule has 0 bridgehead atoms. The van der Waals surface area contributed by atoms with Crippen LogP contribution in [0.3, 0.4) is 0 Å². The molecule has 1 aromatic heterocycles. The van der Waals surface area contributed by atoms with Crippen LogP contribution in [0.2, 0.25) is 5.02 Å². The number of carbonyl (C=O) groups excluding carboxylic acids is 1. The van der Waals surface area contributed by atoms with E-state index in [1.54, 1.807) is 48.7 Å². The Hall–Kier alpha value is -3.44. The Morgan fingerprint density at radius 1 is 1.03 bits per heavy atom. The molecule has 6 heteroatoms. The maximum absolute atomic E-state index is 13.2. The van der Waals surface area contributed by atoms with E-state index in [2.05, 4.69) is 10.3 Å². The zero-order chi connectivity index (χ0) is 21.1. The van der Waals surface area contributed by atoms with Crippen LogP contribution in [0.1, 0.15) is 28.9 Å². The normalized spacial score (nSPS) is 11.8. The summed E-state index contributed by atoms with van der Waals surface area (Å²) < 4.78 is 19.0. The predicted octanol–water partition coefficient (Wildman–Crippen LogP) is 6.29. The second kappa shape index (κ2) is 8.51. The molecule has 0 fully saturated rings. The average Bonchev–Trinajstić information content (AvgIpc) is 3.25. The number of carbonyl (C=O) groups is 1. The minimum Gasteiger partial charge on any atom is -0.436 e. The van der Waals surface area contributed by atoms with Gasteiger partial charge in [0.1, 0.15) is 5.82 Å². The zero-order valence-corrected chi connectivity index (χ0v) is 16.9. The summed E-state index contributed by atoms with van der Waals surface area (Å²) in [4.78, 5) is 17.3. The summed E-state index contributed by atoms with van der Waals surface area (Å²) in [5.74, 6) is 0.249. The van der Waals surface area contributed by atoms with Crippen molar-refractivity contribution in [1.29, 1.82) is 0 Å². The first-order chi connectivity index (χ1) is 14.5. The number of nitrogens with zero attached hydrogens (tertiary/aromatic N) is 1. The van der Waals surface area contributed by atoms with Gasteiger partial charge in [-0.1, -0.05) is 35.9 Å². The number of rotatable bonds is 5. The maximum Gasteiger partial charge on any atom is 0.252 e. The number of hydrogen-bond donors (Lipinski definition) is 1. The van der Waals surface area contributed by atoms with E-state index in [4.69, 9.17) is 16.0 Å². The minimum atomic E-state index is -0.324. The zero-order valence-electron chi connectivity index (χ0n) is 16.1. The third-order valence-corrected chi connectivity index (χ3v) is 5.01. The van der Waals surface area contributed by atoms with Gasteiger partial charge < -0.3 is 9.73 Å². The molecule has 1 N–H and O–H groups in total. The van der Waals surface area contributed by atoms with Crippen molar-refractivity contribution in [1.82, 2.24) is 10.3 Å². The van der Waals surface area contributed by atoms with Crippen molar-refractivity contribution in [3.63, 3.8) is 0 Å². The molecule has 0 aliphatic carbocycles. The van der Waals surface area contributed by atoms with Gasteiger partial charge >= 0.3 is 0 Å². The highest BCUT2D eigenvalue weighted by Crippen LogP contribution is 2.29. The van der Waals surface area contributed by atoms with Crippen molar-refractivity contribution in [3.8, 4) is 22.8 Å². The van der Waals surface area contributed by atoms with Crippen molar-refractivity contribution < 1.29 is 13.6 Å². The van der Waals surface area contributed by atoms with Crippen molar-refractivity contribution in [2.45, 2.75) is 13.0 Å². The van der Waals surface area contributed by atoms with Crippen LogP contribution >= 0.6 is 11.6 Å². The quantitative estimate of drug-likeness (QED) is 0.412. The van der Waals surface area contributed by atoms with Gasteiger partial charge in [-0.05, 0) is 61.0 Å². The van der Waals surface area contributed by atoms with Crippen molar-refractivity contribution >= 4 is 17.5 Å². The van der Waals surface area contributed by atoms with Gasteiger partial charge in [0.2, 0.25) is 5.89 Å². The molecule has 4 nitrogen and oxygen atoms in total. The molecule has 1 unspecified atom stereocenters. The molecule has 1 atom stereocenters. The van der Waals surface area contributed by atoms with Gasteiger partial charge in [0.25, 0.3) is 5.91 Å². The molecule has 4 rings (SSSR count). The Bertz CT molecular complexity index is 1170. The summed E-state index contributed by atoms with van der Waals surface area (Å²) in [6.45, 7) is 1.90. The first-order valence-electron chi connectivity index (χ1n) is 9.39. The molecule has 0 radical (unpaired) electrons. The summed E-state index contributed by atoms with van der Waals surface area (Å²) in [7, 11) is 0. The molecule has 3 aromatic carbocycles. The lowest BCUT2D eigenvalue weighted by Gasteiger charge is -2.15. The lowest BCUT2D eigenvalue weighted by Crippen LogP contribution is -2.27. The minimum absolute atomic E-state index is 0.206. The van der Waals surface area contributed by atoms with Gasteiger partial charge in [-0.2, -0.15) is 0 Å². The number of amides is 1. The molecular formula is C24H18ClFN2O2. The first kappa shape index (κ1) is 19.9. The van der Waals surface area contributed by atoms with E-state index in [1.165, 1.54) is 12.1 Å². The highest BCUT2D eigenvalue weighted by atomic mass is 35.5. The van der Waals surface area contributed by atoms with Crippen LogP contribution in [0, 0.1) is 5.82 Å². The van der Waals surface area contributed by atoms with Gasteiger partial charge in [-0.15, -0.1) is 0 Å². The van der Waals surface area contributed by atoms with Crippen LogP contribution in [-0.2, 0) is 0 Å². The van der Waals surface area contributed by atoms with Gasteiger partial charge in [0.15, 0.2) is 5.76 Å². The van der Waals surface area contributed by atoms with Crippen LogP contribution in [0.5, 0.6) is 0 Å². The Labute approximate surface area is 178 Å². The largest absolute Gasteiger partial charge is 0.436 e. The van der Waals surface area contributed by atoms with Gasteiger partial charge in [-0.25, -0.2) is 9.37 Å². The molecule has 0 saturated carbocycles. The van der Waals surface area contributed by atoms with Gasteiger partial charge in [0.05, 0.1) is 17.8 Å². The summed E-state index contributed by atoms with van der Waals surface area (Å²) in [6.07, 6.45) is 1.56. The van der Waals surface area contributed by atoms with Crippen LogP contribution in [0.15, 0.2) is 83.4 Å². The third kappa shape index (κ3) is 4.26. The molecule has 30 heavy (non-hydrogen) atoms. The second-order valence-corrected chi connectivity index (χ2v) is 7.27. The summed E-state index contributed by atoms with van der Waals surface area (Å²) in [5.41, 5.74) is 2.67. The summed E-state index contributed by atoms with van der Waals surface area (Å²) in [5, 5.41) is 3.64. The van der Waals surface area contributed by atoms with E-state index >= 15 is 0 Å². The van der Waals surface area contributed by atoms with E-state index in [0.29, 0.717) is 33.4 Å². The number of nitrogens with one attached hydrogen (secondary N) is 1. The summed E-state index contributed by atoms with van der Waals surface area (Å²) >= 11 is 5.94. The molecule has 0 spiro atoms. The van der Waals surface area contributed by atoms with Gasteiger partial charge in [-0.3, -0.25) is 4.79 Å². The Kier molecular flexibility index (Phi) is 5.63. The highest BCUT2D eigenvalue weighted by Gasteiger charge is 2.19. The molecule has 0 saturated heterocycles. The summed E-state index contributed by atoms with van der Waals surface area (Å²) in [6, 6.07) is 20.2. The highest BCUT2D eigenvalue weighted by molar-refractivity contribution is 6.30. The molecule has 4 aromatic rings. The molecular weight excluding hydrogens is 403 g/mol. The second-order valence-electron chi connectivity index (χ2n) is 6.83. The number of aromatic nitrogens is 1. The number of oxazole rings is 1. The lowest BCUT2D eigenvalue weighted by atomic mass is 10.0. The Morgan fingerprint density at radius 3 is 2.47 bits per heavy atom. The maximum atomic E-state index is 13.2. The Balaban J connectivity index is 1.59. The fraction of sp³-hybridized carbons (Fsp3) is 0.0833. The van der Waals surface area contributed by atoms with E-state index < -0.39 is 0 Å². The van der Waals surface area contributed by atoms with Crippen LogP contribution in [0.25, 0.3) is 22.8 Å². The molecule has 0 aliphatic rings. The topological polar surface area (TPSA) is 55.1 Å². The lowest BCUT2D eigenvalue weighted by molar-refractivity contribution is 0.0940. The monoisotopic (exact) mass is 420 g/mol. The van der Waals surface area contributed by atoms with Crippen molar-refractivity contribution in [3.05, 3.63) is 101 Å².